The first kappa shape index (κ1) is 64.0. The molecule has 0 N–H and O–H groups in total. The molecule has 0 fully saturated rings. The number of unbranched alkanes of at least 4 members (excludes halogenated alkanes) is 28. The van der Waals surface area contributed by atoms with E-state index in [1.54, 1.807) is 0 Å². The molecule has 2 atom stereocenters. The van der Waals surface area contributed by atoms with Crippen LogP contribution in [0.25, 0.3) is 0 Å². The van der Waals surface area contributed by atoms with Crippen LogP contribution in [0.4, 0.5) is 0 Å². The van der Waals surface area contributed by atoms with Crippen molar-refractivity contribution in [3.8, 4) is 0 Å². The van der Waals surface area contributed by atoms with Gasteiger partial charge in [0.2, 0.25) is 0 Å². The van der Waals surface area contributed by atoms with Crippen LogP contribution in [0.3, 0.4) is 0 Å². The van der Waals surface area contributed by atoms with E-state index >= 15 is 0 Å². The highest BCUT2D eigenvalue weighted by molar-refractivity contribution is 7.45. The molecule has 0 bridgehead atoms. The Morgan fingerprint density at radius 3 is 1.29 bits per heavy atom. The maximum atomic E-state index is 12.8. The van der Waals surface area contributed by atoms with E-state index in [1.165, 1.54) is 148 Å². The summed E-state index contributed by atoms with van der Waals surface area (Å²) in [5, 5.41) is 0. The molecule has 0 aliphatic heterocycles. The lowest BCUT2D eigenvalue weighted by molar-refractivity contribution is -0.870. The van der Waals surface area contributed by atoms with E-state index in [2.05, 4.69) is 62.5 Å². The number of nitrogens with zero attached hydrogens (tertiary/aromatic N) is 1. The minimum Gasteiger partial charge on any atom is -0.756 e. The van der Waals surface area contributed by atoms with Crippen LogP contribution in [0, 0.1) is 0 Å². The Labute approximate surface area is 407 Å². The van der Waals surface area contributed by atoms with Crippen molar-refractivity contribution >= 4 is 19.8 Å². The number of esters is 2. The van der Waals surface area contributed by atoms with E-state index < -0.39 is 26.5 Å². The first-order chi connectivity index (χ1) is 32.0. The number of hydrogen-bond donors (Lipinski definition) is 0. The van der Waals surface area contributed by atoms with Crippen LogP contribution in [-0.2, 0) is 32.7 Å². The standard InChI is InChI=1S/C56H104NO8P/c1-6-8-10-12-14-16-18-20-22-23-24-25-26-27-28-29-30-31-32-33-35-37-39-41-43-45-47-49-56(59)65-54(53-64-66(60,61)63-51-50-57(3,4)5)52-62-55(58)48-46-44-42-40-38-36-34-21-19-17-15-13-11-9-7-2/h8,10,14,16,20,22,24-25,54H,6-7,9,11-13,15,17-19,21,23,26-53H2,1-5H3/b10-8-,16-14-,22-20-,25-24-. The molecule has 0 amide bonds. The third-order valence-corrected chi connectivity index (χ3v) is 12.8. The molecule has 66 heavy (non-hydrogen) atoms. The molecular formula is C56H104NO8P. The molecule has 0 heterocycles. The van der Waals surface area contributed by atoms with Gasteiger partial charge >= 0.3 is 11.9 Å². The summed E-state index contributed by atoms with van der Waals surface area (Å²) in [4.78, 5) is 37.8. The Hall–Kier alpha value is -2.03. The van der Waals surface area contributed by atoms with Crippen LogP contribution in [0.2, 0.25) is 0 Å². The summed E-state index contributed by atoms with van der Waals surface area (Å²) in [5.74, 6) is -0.824. The number of rotatable bonds is 50. The zero-order chi connectivity index (χ0) is 48.5. The topological polar surface area (TPSA) is 111 Å². The van der Waals surface area contributed by atoms with Gasteiger partial charge in [-0.25, -0.2) is 0 Å². The Balaban J connectivity index is 4.14. The second kappa shape index (κ2) is 48.0. The van der Waals surface area contributed by atoms with Crippen LogP contribution in [0.5, 0.6) is 0 Å². The maximum Gasteiger partial charge on any atom is 0.306 e. The normalized spacial score (nSPS) is 13.7. The lowest BCUT2D eigenvalue weighted by atomic mass is 10.0. The number of carbonyl (C=O) groups is 2. The Bertz CT molecular complexity index is 1260. The first-order valence-electron chi connectivity index (χ1n) is 27.3. The van der Waals surface area contributed by atoms with E-state index in [0.29, 0.717) is 17.4 Å². The average molecular weight is 950 g/mol. The van der Waals surface area contributed by atoms with Crippen LogP contribution in [0.15, 0.2) is 48.6 Å². The van der Waals surface area contributed by atoms with Crippen LogP contribution in [0.1, 0.15) is 245 Å². The fourth-order valence-corrected chi connectivity index (χ4v) is 8.38. The van der Waals surface area contributed by atoms with E-state index in [-0.39, 0.29) is 32.0 Å². The summed E-state index contributed by atoms with van der Waals surface area (Å²) < 4.78 is 34.1. The molecule has 0 aromatic heterocycles. The molecule has 0 spiro atoms. The summed E-state index contributed by atoms with van der Waals surface area (Å²) >= 11 is 0. The fraction of sp³-hybridized carbons (Fsp3) is 0.821. The van der Waals surface area contributed by atoms with Gasteiger partial charge in [-0.1, -0.05) is 229 Å². The molecule has 0 rings (SSSR count). The van der Waals surface area contributed by atoms with Crippen molar-refractivity contribution in [2.45, 2.75) is 251 Å². The van der Waals surface area contributed by atoms with Crippen molar-refractivity contribution in [1.29, 1.82) is 0 Å². The van der Waals surface area contributed by atoms with Crippen LogP contribution in [-0.4, -0.2) is 70.0 Å². The van der Waals surface area contributed by atoms with E-state index in [4.69, 9.17) is 18.5 Å². The number of allylic oxidation sites excluding steroid dienone is 8. The van der Waals surface area contributed by atoms with Gasteiger partial charge in [-0.2, -0.15) is 0 Å². The molecule has 0 saturated heterocycles. The minimum absolute atomic E-state index is 0.0298. The monoisotopic (exact) mass is 950 g/mol. The van der Waals surface area contributed by atoms with Crippen LogP contribution >= 0.6 is 7.82 Å². The van der Waals surface area contributed by atoms with Gasteiger partial charge in [-0.3, -0.25) is 14.2 Å². The Morgan fingerprint density at radius 2 is 0.864 bits per heavy atom. The molecule has 2 unspecified atom stereocenters. The van der Waals surface area contributed by atoms with Gasteiger partial charge in [0.15, 0.2) is 6.10 Å². The van der Waals surface area contributed by atoms with E-state index in [9.17, 15) is 19.0 Å². The van der Waals surface area contributed by atoms with Crippen molar-refractivity contribution in [2.75, 3.05) is 47.5 Å². The summed E-state index contributed by atoms with van der Waals surface area (Å²) in [6.07, 6.45) is 58.6. The summed E-state index contributed by atoms with van der Waals surface area (Å²) in [6, 6.07) is 0. The molecular weight excluding hydrogens is 846 g/mol. The highest BCUT2D eigenvalue weighted by Crippen LogP contribution is 2.38. The molecule has 0 saturated carbocycles. The second-order valence-corrected chi connectivity index (χ2v) is 21.0. The molecule has 0 aliphatic carbocycles. The van der Waals surface area contributed by atoms with Gasteiger partial charge in [0, 0.05) is 12.8 Å². The minimum atomic E-state index is -4.63. The first-order valence-corrected chi connectivity index (χ1v) is 28.8. The molecule has 9 nitrogen and oxygen atoms in total. The second-order valence-electron chi connectivity index (χ2n) is 19.6. The van der Waals surface area contributed by atoms with Gasteiger partial charge in [0.25, 0.3) is 7.82 Å². The lowest BCUT2D eigenvalue weighted by Gasteiger charge is -2.28. The third-order valence-electron chi connectivity index (χ3n) is 11.9. The predicted octanol–water partition coefficient (Wildman–Crippen LogP) is 16.0. The maximum absolute atomic E-state index is 12.8. The summed E-state index contributed by atoms with van der Waals surface area (Å²) in [5.41, 5.74) is 0. The smallest absolute Gasteiger partial charge is 0.306 e. The van der Waals surface area contributed by atoms with Crippen molar-refractivity contribution < 1.29 is 42.1 Å². The molecule has 10 heteroatoms. The zero-order valence-electron chi connectivity index (χ0n) is 43.6. The molecule has 0 radical (unpaired) electrons. The zero-order valence-corrected chi connectivity index (χ0v) is 44.5. The van der Waals surface area contributed by atoms with Gasteiger partial charge < -0.3 is 27.9 Å². The SMILES string of the molecule is CC/C=C\C/C=C\C/C=C\C/C=C\CCCCCCCCCCCCCCCCC(=O)OC(COC(=O)CCCCCCCCCCCCCCCCC)COP(=O)([O-])OCC[N+](C)(C)C. The number of quaternary nitrogens is 1. The highest BCUT2D eigenvalue weighted by atomic mass is 31.2. The number of likely N-dealkylation sites (N-methyl/N-ethyl adjacent to an activating group) is 1. The molecule has 0 aromatic carbocycles. The van der Waals surface area contributed by atoms with Crippen molar-refractivity contribution in [2.24, 2.45) is 0 Å². The molecule has 0 aromatic rings. The fourth-order valence-electron chi connectivity index (χ4n) is 7.65. The highest BCUT2D eigenvalue weighted by Gasteiger charge is 2.21. The molecule has 386 valence electrons. The Morgan fingerprint density at radius 1 is 0.485 bits per heavy atom. The average Bonchev–Trinajstić information content (AvgIpc) is 3.27. The largest absolute Gasteiger partial charge is 0.756 e. The number of phosphoric ester groups is 1. The van der Waals surface area contributed by atoms with Gasteiger partial charge in [-0.15, -0.1) is 0 Å². The number of hydrogen-bond acceptors (Lipinski definition) is 8. The van der Waals surface area contributed by atoms with Crippen molar-refractivity contribution in [1.82, 2.24) is 0 Å². The third kappa shape index (κ3) is 51.4. The Kier molecular flexibility index (Phi) is 46.5. The quantitative estimate of drug-likeness (QED) is 0.0195. The lowest BCUT2D eigenvalue weighted by Crippen LogP contribution is -2.37. The van der Waals surface area contributed by atoms with E-state index in [1.807, 2.05) is 21.1 Å². The van der Waals surface area contributed by atoms with Gasteiger partial charge in [0.05, 0.1) is 27.7 Å². The molecule has 0 aliphatic rings. The summed E-state index contributed by atoms with van der Waals surface area (Å²) in [6.45, 7) is 4.15. The predicted molar refractivity (Wildman–Crippen MR) is 277 cm³/mol. The van der Waals surface area contributed by atoms with Crippen molar-refractivity contribution in [3.05, 3.63) is 48.6 Å². The summed E-state index contributed by atoms with van der Waals surface area (Å²) in [7, 11) is 1.17. The van der Waals surface area contributed by atoms with Crippen molar-refractivity contribution in [3.63, 3.8) is 0 Å². The number of phosphoric acid groups is 1. The van der Waals surface area contributed by atoms with Gasteiger partial charge in [-0.05, 0) is 51.4 Å². The number of carbonyl (C=O) groups excluding carboxylic acids is 2. The van der Waals surface area contributed by atoms with E-state index in [0.717, 1.165) is 64.2 Å². The number of ether oxygens (including phenoxy) is 2. The van der Waals surface area contributed by atoms with Crippen LogP contribution < -0.4 is 4.89 Å². The van der Waals surface area contributed by atoms with Gasteiger partial charge in [0.1, 0.15) is 19.8 Å².